The summed E-state index contributed by atoms with van der Waals surface area (Å²) in [5, 5.41) is 0. The number of para-hydroxylation sites is 1. The van der Waals surface area contributed by atoms with Gasteiger partial charge in [0.25, 0.3) is 0 Å². The third-order valence-corrected chi connectivity index (χ3v) is 7.12. The Kier molecular flexibility index (Phi) is 13.6. The Balaban J connectivity index is 1.56. The fourth-order valence-corrected chi connectivity index (χ4v) is 4.69. The van der Waals surface area contributed by atoms with Gasteiger partial charge in [-0.3, -0.25) is 4.79 Å². The van der Waals surface area contributed by atoms with Crippen molar-refractivity contribution in [3.05, 3.63) is 95.6 Å². The lowest BCUT2D eigenvalue weighted by atomic mass is 9.90. The number of hydrogen-bond donors (Lipinski definition) is 0. The maximum absolute atomic E-state index is 13.5. The van der Waals surface area contributed by atoms with Gasteiger partial charge in [-0.25, -0.2) is 9.59 Å². The topological polar surface area (TPSA) is 78.9 Å². The number of ether oxygens (including phenoxy) is 3. The van der Waals surface area contributed by atoms with Gasteiger partial charge in [-0.05, 0) is 42.7 Å². The van der Waals surface area contributed by atoms with Gasteiger partial charge in [0.1, 0.15) is 11.3 Å². The largest absolute Gasteiger partial charge is 0.462 e. The normalized spacial score (nSPS) is 14.0. The Labute approximate surface area is 256 Å². The van der Waals surface area contributed by atoms with Crippen molar-refractivity contribution in [2.75, 3.05) is 13.2 Å². The molecule has 1 aliphatic rings. The SMILES string of the molecule is C=CCC1=CC=C(c2ccc(C(=O)Oc3ccccc3C(=O)OCCC(OCCCCCCCC)C(F)(F)F)cc2)C(=O)C1. The molecule has 0 radical (unpaired) electrons. The highest BCUT2D eigenvalue weighted by atomic mass is 19.4. The molecule has 0 spiro atoms. The van der Waals surface area contributed by atoms with Gasteiger partial charge < -0.3 is 14.2 Å². The average molecular weight is 613 g/mol. The maximum Gasteiger partial charge on any atom is 0.414 e. The van der Waals surface area contributed by atoms with Crippen molar-refractivity contribution in [3.63, 3.8) is 0 Å². The first kappa shape index (κ1) is 34.5. The summed E-state index contributed by atoms with van der Waals surface area (Å²) in [5.74, 6) is -1.80. The highest BCUT2D eigenvalue weighted by Crippen LogP contribution is 2.28. The quantitative estimate of drug-likeness (QED) is 0.0770. The second-order valence-corrected chi connectivity index (χ2v) is 10.6. The third kappa shape index (κ3) is 10.6. The highest BCUT2D eigenvalue weighted by molar-refractivity contribution is 6.22. The van der Waals surface area contributed by atoms with Crippen LogP contribution >= 0.6 is 0 Å². The zero-order valence-corrected chi connectivity index (χ0v) is 25.0. The van der Waals surface area contributed by atoms with Gasteiger partial charge in [-0.2, -0.15) is 13.2 Å². The van der Waals surface area contributed by atoms with Crippen LogP contribution in [0.3, 0.4) is 0 Å². The van der Waals surface area contributed by atoms with Gasteiger partial charge in [0, 0.05) is 25.0 Å². The molecule has 3 rings (SSSR count). The van der Waals surface area contributed by atoms with Crippen LogP contribution in [0.1, 0.15) is 91.0 Å². The van der Waals surface area contributed by atoms with Crippen molar-refractivity contribution in [1.29, 1.82) is 0 Å². The predicted octanol–water partition coefficient (Wildman–Crippen LogP) is 8.62. The number of benzene rings is 2. The molecule has 236 valence electrons. The molecular weight excluding hydrogens is 573 g/mol. The molecule has 0 aromatic heterocycles. The number of halogens is 3. The van der Waals surface area contributed by atoms with Crippen LogP contribution in [-0.2, 0) is 14.3 Å². The van der Waals surface area contributed by atoms with Gasteiger partial charge in [0.05, 0.1) is 12.2 Å². The minimum atomic E-state index is -4.59. The van der Waals surface area contributed by atoms with Gasteiger partial charge in [0.15, 0.2) is 11.9 Å². The number of hydrogen-bond acceptors (Lipinski definition) is 6. The standard InChI is InChI=1S/C35H39F3O6/c1-3-5-6-7-8-11-22-42-32(35(36,37)38)21-23-43-34(41)29-13-9-10-14-31(29)44-33(40)27-18-16-26(17-19-27)28-20-15-25(12-4-2)24-30(28)39/h4,9-10,13-20,32H,2-3,5-8,11-12,21-24H2,1H3. The van der Waals surface area contributed by atoms with Crippen molar-refractivity contribution in [2.45, 2.75) is 77.0 Å². The summed E-state index contributed by atoms with van der Waals surface area (Å²) in [7, 11) is 0. The van der Waals surface area contributed by atoms with E-state index in [0.717, 1.165) is 37.7 Å². The molecule has 0 N–H and O–H groups in total. The number of alkyl halides is 3. The van der Waals surface area contributed by atoms with E-state index in [0.29, 0.717) is 30.4 Å². The second-order valence-electron chi connectivity index (χ2n) is 10.6. The van der Waals surface area contributed by atoms with E-state index in [1.165, 1.54) is 30.3 Å². The molecule has 2 aromatic rings. The molecule has 1 aliphatic carbocycles. The van der Waals surface area contributed by atoms with Crippen LogP contribution in [0.25, 0.3) is 5.57 Å². The van der Waals surface area contributed by atoms with Crippen LogP contribution in [0.15, 0.2) is 78.9 Å². The zero-order valence-electron chi connectivity index (χ0n) is 25.0. The Hall–Kier alpha value is -3.98. The Bertz CT molecular complexity index is 1340. The summed E-state index contributed by atoms with van der Waals surface area (Å²) in [6.45, 7) is 5.23. The van der Waals surface area contributed by atoms with Gasteiger partial charge in [-0.15, -0.1) is 6.58 Å². The number of ketones is 1. The molecule has 9 heteroatoms. The molecule has 1 unspecified atom stereocenters. The van der Waals surface area contributed by atoms with Gasteiger partial charge in [-0.1, -0.05) is 87.1 Å². The number of carbonyl (C=O) groups excluding carboxylic acids is 3. The lowest BCUT2D eigenvalue weighted by molar-refractivity contribution is -0.224. The minimum Gasteiger partial charge on any atom is -0.462 e. The molecule has 0 saturated heterocycles. The number of Topliss-reactive ketones (excluding diaryl/α,β-unsaturated/α-hetero) is 1. The van der Waals surface area contributed by atoms with Crippen molar-refractivity contribution in [2.24, 2.45) is 0 Å². The molecule has 0 aliphatic heterocycles. The molecule has 0 saturated carbocycles. The Morgan fingerprint density at radius 2 is 1.64 bits per heavy atom. The average Bonchev–Trinajstić information content (AvgIpc) is 2.99. The number of allylic oxidation sites excluding steroid dienone is 5. The predicted molar refractivity (Wildman–Crippen MR) is 162 cm³/mol. The zero-order chi connectivity index (χ0) is 32.0. The van der Waals surface area contributed by atoms with E-state index in [4.69, 9.17) is 14.2 Å². The van der Waals surface area contributed by atoms with Crippen LogP contribution in [-0.4, -0.2) is 43.2 Å². The Morgan fingerprint density at radius 1 is 0.932 bits per heavy atom. The molecule has 0 amide bonds. The molecule has 44 heavy (non-hydrogen) atoms. The first-order valence-corrected chi connectivity index (χ1v) is 14.9. The summed E-state index contributed by atoms with van der Waals surface area (Å²) in [6.07, 6.45) is 4.65. The first-order valence-electron chi connectivity index (χ1n) is 14.9. The summed E-state index contributed by atoms with van der Waals surface area (Å²) in [6, 6.07) is 12.1. The summed E-state index contributed by atoms with van der Waals surface area (Å²) >= 11 is 0. The molecule has 6 nitrogen and oxygen atoms in total. The summed E-state index contributed by atoms with van der Waals surface area (Å²) in [4.78, 5) is 38.1. The van der Waals surface area contributed by atoms with Crippen molar-refractivity contribution >= 4 is 23.3 Å². The van der Waals surface area contributed by atoms with E-state index < -0.39 is 37.2 Å². The van der Waals surface area contributed by atoms with Crippen molar-refractivity contribution in [1.82, 2.24) is 0 Å². The second kappa shape index (κ2) is 17.3. The Morgan fingerprint density at radius 3 is 2.32 bits per heavy atom. The molecule has 1 atom stereocenters. The van der Waals surface area contributed by atoms with Crippen LogP contribution in [0.5, 0.6) is 5.75 Å². The van der Waals surface area contributed by atoms with Gasteiger partial charge >= 0.3 is 18.1 Å². The van der Waals surface area contributed by atoms with E-state index in [2.05, 4.69) is 13.5 Å². The van der Waals surface area contributed by atoms with Crippen LogP contribution < -0.4 is 4.74 Å². The number of esters is 2. The first-order chi connectivity index (χ1) is 21.1. The number of rotatable bonds is 17. The van der Waals surface area contributed by atoms with E-state index in [-0.39, 0.29) is 29.3 Å². The highest BCUT2D eigenvalue weighted by Gasteiger charge is 2.40. The minimum absolute atomic E-state index is 0.0222. The lowest BCUT2D eigenvalue weighted by Gasteiger charge is -2.21. The molecule has 2 aromatic carbocycles. The smallest absolute Gasteiger partial charge is 0.414 e. The number of unbranched alkanes of at least 4 members (excludes halogenated alkanes) is 5. The molecular formula is C35H39F3O6. The van der Waals surface area contributed by atoms with Crippen LogP contribution in [0, 0.1) is 0 Å². The van der Waals surface area contributed by atoms with E-state index in [1.54, 1.807) is 30.4 Å². The van der Waals surface area contributed by atoms with Crippen LogP contribution in [0.2, 0.25) is 0 Å². The fourth-order valence-electron chi connectivity index (χ4n) is 4.69. The monoisotopic (exact) mass is 612 g/mol. The summed E-state index contributed by atoms with van der Waals surface area (Å²) in [5.41, 5.74) is 2.24. The molecule has 0 fully saturated rings. The van der Waals surface area contributed by atoms with Crippen molar-refractivity contribution < 1.29 is 41.8 Å². The van der Waals surface area contributed by atoms with Crippen LogP contribution in [0.4, 0.5) is 13.2 Å². The third-order valence-electron chi connectivity index (χ3n) is 7.12. The summed E-state index contributed by atoms with van der Waals surface area (Å²) < 4.78 is 56.0. The number of carbonyl (C=O) groups is 3. The molecule has 0 heterocycles. The van der Waals surface area contributed by atoms with E-state index >= 15 is 0 Å². The van der Waals surface area contributed by atoms with E-state index in [1.807, 2.05) is 6.08 Å². The molecule has 0 bridgehead atoms. The van der Waals surface area contributed by atoms with E-state index in [9.17, 15) is 27.6 Å². The van der Waals surface area contributed by atoms with Gasteiger partial charge in [0.2, 0.25) is 0 Å². The maximum atomic E-state index is 13.5. The van der Waals surface area contributed by atoms with Crippen molar-refractivity contribution in [3.8, 4) is 5.75 Å². The lowest BCUT2D eigenvalue weighted by Crippen LogP contribution is -2.33. The fraction of sp³-hybridized carbons (Fsp3) is 0.400.